The Balaban J connectivity index is 2.08. The van der Waals surface area contributed by atoms with Crippen molar-refractivity contribution in [3.63, 3.8) is 0 Å². The highest BCUT2D eigenvalue weighted by Gasteiger charge is 2.23. The van der Waals surface area contributed by atoms with E-state index in [9.17, 15) is 4.79 Å². The fourth-order valence-electron chi connectivity index (χ4n) is 2.52. The van der Waals surface area contributed by atoms with Crippen molar-refractivity contribution in [2.24, 2.45) is 5.92 Å². The summed E-state index contributed by atoms with van der Waals surface area (Å²) in [6, 6.07) is 1.45. The second-order valence-corrected chi connectivity index (χ2v) is 4.73. The topological polar surface area (TPSA) is 63.1 Å². The third-order valence-corrected chi connectivity index (χ3v) is 3.68. The Bertz CT molecular complexity index is 398. The maximum absolute atomic E-state index is 10.8. The summed E-state index contributed by atoms with van der Waals surface area (Å²) in [5.74, 6) is 0.904. The lowest BCUT2D eigenvalue weighted by Gasteiger charge is -2.26. The van der Waals surface area contributed by atoms with E-state index < -0.39 is 5.97 Å². The molecular formula is C13H18N2O2. The first-order chi connectivity index (χ1) is 8.20. The maximum atomic E-state index is 10.8. The zero-order valence-electron chi connectivity index (χ0n) is 10.1. The smallest absolute Gasteiger partial charge is 0.354 e. The fourth-order valence-corrected chi connectivity index (χ4v) is 2.52. The number of hydrogen-bond acceptors (Lipinski definition) is 3. The molecule has 92 valence electrons. The van der Waals surface area contributed by atoms with Gasteiger partial charge in [-0.1, -0.05) is 13.3 Å². The molecule has 1 aromatic heterocycles. The molecule has 1 aliphatic carbocycles. The second kappa shape index (κ2) is 5.25. The van der Waals surface area contributed by atoms with Gasteiger partial charge in [-0.15, -0.1) is 0 Å². The SMILES string of the molecule is CCC1CCC(c2nccc(C(=O)O)n2)CC1. The molecule has 1 aliphatic rings. The van der Waals surface area contributed by atoms with Crippen molar-refractivity contribution in [3.8, 4) is 0 Å². The standard InChI is InChI=1S/C13H18N2O2/c1-2-9-3-5-10(6-4-9)12-14-8-7-11(15-12)13(16)17/h7-10H,2-6H2,1H3,(H,16,17). The zero-order valence-corrected chi connectivity index (χ0v) is 10.1. The highest BCUT2D eigenvalue weighted by atomic mass is 16.4. The molecule has 0 radical (unpaired) electrons. The molecule has 2 rings (SSSR count). The monoisotopic (exact) mass is 234 g/mol. The van der Waals surface area contributed by atoms with Gasteiger partial charge in [0.1, 0.15) is 5.82 Å². The van der Waals surface area contributed by atoms with Crippen LogP contribution in [0.3, 0.4) is 0 Å². The largest absolute Gasteiger partial charge is 0.477 e. The van der Waals surface area contributed by atoms with Crippen molar-refractivity contribution in [1.82, 2.24) is 9.97 Å². The molecule has 0 spiro atoms. The van der Waals surface area contributed by atoms with Gasteiger partial charge in [-0.2, -0.15) is 0 Å². The van der Waals surface area contributed by atoms with Crippen LogP contribution in [-0.4, -0.2) is 21.0 Å². The Labute approximate surface area is 101 Å². The quantitative estimate of drug-likeness (QED) is 0.873. The van der Waals surface area contributed by atoms with Gasteiger partial charge in [-0.3, -0.25) is 0 Å². The van der Waals surface area contributed by atoms with E-state index in [1.807, 2.05) is 0 Å². The van der Waals surface area contributed by atoms with Crippen LogP contribution in [0.15, 0.2) is 12.3 Å². The summed E-state index contributed by atoms with van der Waals surface area (Å²) in [4.78, 5) is 19.2. The molecule has 1 fully saturated rings. The Morgan fingerprint density at radius 3 is 2.71 bits per heavy atom. The Hall–Kier alpha value is -1.45. The number of aromatic carboxylic acids is 1. The zero-order chi connectivity index (χ0) is 12.3. The van der Waals surface area contributed by atoms with Crippen LogP contribution >= 0.6 is 0 Å². The number of carboxylic acids is 1. The van der Waals surface area contributed by atoms with Crippen molar-refractivity contribution in [1.29, 1.82) is 0 Å². The minimum Gasteiger partial charge on any atom is -0.477 e. The second-order valence-electron chi connectivity index (χ2n) is 4.73. The van der Waals surface area contributed by atoms with E-state index in [0.717, 1.165) is 18.8 Å². The van der Waals surface area contributed by atoms with Gasteiger partial charge in [0, 0.05) is 12.1 Å². The van der Waals surface area contributed by atoms with E-state index in [1.54, 1.807) is 6.20 Å². The van der Waals surface area contributed by atoms with Crippen molar-refractivity contribution >= 4 is 5.97 Å². The third-order valence-electron chi connectivity index (χ3n) is 3.68. The van der Waals surface area contributed by atoms with E-state index >= 15 is 0 Å². The van der Waals surface area contributed by atoms with E-state index in [1.165, 1.54) is 25.3 Å². The molecule has 0 saturated heterocycles. The molecule has 0 aliphatic heterocycles. The van der Waals surface area contributed by atoms with Crippen LogP contribution in [0.2, 0.25) is 0 Å². The summed E-state index contributed by atoms with van der Waals surface area (Å²) in [5.41, 5.74) is 0.104. The van der Waals surface area contributed by atoms with Crippen LogP contribution < -0.4 is 0 Å². The van der Waals surface area contributed by atoms with Gasteiger partial charge in [0.2, 0.25) is 0 Å². The van der Waals surface area contributed by atoms with Gasteiger partial charge in [-0.05, 0) is 37.7 Å². The molecule has 0 bridgehead atoms. The summed E-state index contributed by atoms with van der Waals surface area (Å²) in [6.07, 6.45) is 7.38. The Morgan fingerprint density at radius 2 is 2.12 bits per heavy atom. The van der Waals surface area contributed by atoms with Crippen LogP contribution in [0, 0.1) is 5.92 Å². The number of hydrogen-bond donors (Lipinski definition) is 1. The normalized spacial score (nSPS) is 24.5. The average Bonchev–Trinajstić information content (AvgIpc) is 2.39. The van der Waals surface area contributed by atoms with Gasteiger partial charge in [0.15, 0.2) is 5.69 Å². The summed E-state index contributed by atoms with van der Waals surface area (Å²) in [7, 11) is 0. The lowest BCUT2D eigenvalue weighted by molar-refractivity contribution is 0.0689. The van der Waals surface area contributed by atoms with Gasteiger partial charge in [-0.25, -0.2) is 14.8 Å². The lowest BCUT2D eigenvalue weighted by Crippen LogP contribution is -2.16. The summed E-state index contributed by atoms with van der Waals surface area (Å²) in [5, 5.41) is 8.90. The fraction of sp³-hybridized carbons (Fsp3) is 0.615. The average molecular weight is 234 g/mol. The van der Waals surface area contributed by atoms with Crippen LogP contribution in [-0.2, 0) is 0 Å². The summed E-state index contributed by atoms with van der Waals surface area (Å²) in [6.45, 7) is 2.23. The van der Waals surface area contributed by atoms with Gasteiger partial charge < -0.3 is 5.11 Å². The molecule has 1 heterocycles. The maximum Gasteiger partial charge on any atom is 0.354 e. The van der Waals surface area contributed by atoms with E-state index in [4.69, 9.17) is 5.11 Å². The number of nitrogens with zero attached hydrogens (tertiary/aromatic N) is 2. The van der Waals surface area contributed by atoms with Gasteiger partial charge in [0.25, 0.3) is 0 Å². The molecule has 0 unspecified atom stereocenters. The first kappa shape index (κ1) is 12.0. The Kier molecular flexibility index (Phi) is 3.71. The van der Waals surface area contributed by atoms with E-state index in [2.05, 4.69) is 16.9 Å². The van der Waals surface area contributed by atoms with Crippen LogP contribution in [0.25, 0.3) is 0 Å². The first-order valence-electron chi connectivity index (χ1n) is 6.27. The Morgan fingerprint density at radius 1 is 1.41 bits per heavy atom. The van der Waals surface area contributed by atoms with Crippen molar-refractivity contribution < 1.29 is 9.90 Å². The number of rotatable bonds is 3. The van der Waals surface area contributed by atoms with Crippen molar-refractivity contribution in [2.45, 2.75) is 44.9 Å². The first-order valence-corrected chi connectivity index (χ1v) is 6.27. The van der Waals surface area contributed by atoms with E-state index in [-0.39, 0.29) is 5.69 Å². The molecule has 0 aromatic carbocycles. The molecule has 4 heteroatoms. The molecular weight excluding hydrogens is 216 g/mol. The highest BCUT2D eigenvalue weighted by Crippen LogP contribution is 2.35. The number of carbonyl (C=O) groups is 1. The summed E-state index contributed by atoms with van der Waals surface area (Å²) < 4.78 is 0. The van der Waals surface area contributed by atoms with Crippen LogP contribution in [0.4, 0.5) is 0 Å². The molecule has 0 amide bonds. The lowest BCUT2D eigenvalue weighted by atomic mass is 9.80. The summed E-state index contributed by atoms with van der Waals surface area (Å²) >= 11 is 0. The van der Waals surface area contributed by atoms with Gasteiger partial charge >= 0.3 is 5.97 Å². The van der Waals surface area contributed by atoms with E-state index in [0.29, 0.717) is 11.7 Å². The molecule has 1 aromatic rings. The molecule has 1 N–H and O–H groups in total. The van der Waals surface area contributed by atoms with Crippen molar-refractivity contribution in [3.05, 3.63) is 23.8 Å². The third kappa shape index (κ3) is 2.81. The molecule has 4 nitrogen and oxygen atoms in total. The highest BCUT2D eigenvalue weighted by molar-refractivity contribution is 5.85. The number of aromatic nitrogens is 2. The molecule has 1 saturated carbocycles. The number of carboxylic acid groups (broad SMARTS) is 1. The molecule has 17 heavy (non-hydrogen) atoms. The van der Waals surface area contributed by atoms with Crippen LogP contribution in [0.5, 0.6) is 0 Å². The minimum atomic E-state index is -0.976. The van der Waals surface area contributed by atoms with Gasteiger partial charge in [0.05, 0.1) is 0 Å². The molecule has 0 atom stereocenters. The predicted octanol–water partition coefficient (Wildman–Crippen LogP) is 2.86. The predicted molar refractivity (Wildman–Crippen MR) is 64.0 cm³/mol. The van der Waals surface area contributed by atoms with Crippen LogP contribution in [0.1, 0.15) is 61.3 Å². The van der Waals surface area contributed by atoms with Crippen molar-refractivity contribution in [2.75, 3.05) is 0 Å². The minimum absolute atomic E-state index is 0.104.